The molecule has 0 fully saturated rings. The number of ether oxygens (including phenoxy) is 1. The van der Waals surface area contributed by atoms with E-state index in [-0.39, 0.29) is 6.67 Å². The number of hydrogen-bond donors (Lipinski definition) is 0. The lowest BCUT2D eigenvalue weighted by atomic mass is 10.1. The fraction of sp³-hybridized carbons (Fsp3) is 0.300. The van der Waals surface area contributed by atoms with Crippen LogP contribution in [0.25, 0.3) is 11.4 Å². The van der Waals surface area contributed by atoms with Crippen molar-refractivity contribution in [1.29, 1.82) is 0 Å². The van der Waals surface area contributed by atoms with Crippen LogP contribution in [0.2, 0.25) is 0 Å². The average molecular weight is 371 g/mol. The summed E-state index contributed by atoms with van der Waals surface area (Å²) in [6.07, 6.45) is 1.39. The van der Waals surface area contributed by atoms with Gasteiger partial charge in [0.25, 0.3) is 0 Å². The maximum Gasteiger partial charge on any atom is 0.191 e. The van der Waals surface area contributed by atoms with Gasteiger partial charge >= 0.3 is 0 Å². The Morgan fingerprint density at radius 1 is 1.04 bits per heavy atom. The minimum atomic E-state index is -0.315. The van der Waals surface area contributed by atoms with Gasteiger partial charge in [-0.3, -0.25) is 4.39 Å². The van der Waals surface area contributed by atoms with Gasteiger partial charge in [0.05, 0.1) is 19.3 Å². The molecule has 0 saturated carbocycles. The highest BCUT2D eigenvalue weighted by Crippen LogP contribution is 2.31. The number of hydrogen-bond acceptors (Lipinski definition) is 4. The largest absolute Gasteiger partial charge is 0.496 e. The van der Waals surface area contributed by atoms with E-state index in [0.717, 1.165) is 35.3 Å². The van der Waals surface area contributed by atoms with Gasteiger partial charge in [0.1, 0.15) is 5.75 Å². The van der Waals surface area contributed by atoms with Crippen molar-refractivity contribution in [1.82, 2.24) is 14.8 Å². The number of benzene rings is 2. The normalized spacial score (nSPS) is 10.8. The predicted octanol–water partition coefficient (Wildman–Crippen LogP) is 4.65. The van der Waals surface area contributed by atoms with Crippen molar-refractivity contribution in [2.45, 2.75) is 24.5 Å². The van der Waals surface area contributed by atoms with Gasteiger partial charge in [-0.1, -0.05) is 54.2 Å². The van der Waals surface area contributed by atoms with Crippen molar-refractivity contribution in [3.63, 3.8) is 0 Å². The number of nitrogens with zero attached hydrogens (tertiary/aromatic N) is 3. The van der Waals surface area contributed by atoms with E-state index in [9.17, 15) is 4.39 Å². The highest BCUT2D eigenvalue weighted by atomic mass is 32.2. The van der Waals surface area contributed by atoms with Crippen LogP contribution >= 0.6 is 11.8 Å². The van der Waals surface area contributed by atoms with Crippen molar-refractivity contribution < 1.29 is 9.13 Å². The maximum atomic E-state index is 12.5. The lowest BCUT2D eigenvalue weighted by Gasteiger charge is -2.12. The quantitative estimate of drug-likeness (QED) is 0.405. The van der Waals surface area contributed by atoms with Gasteiger partial charge < -0.3 is 9.30 Å². The molecular formula is C20H22FN3OS. The molecule has 4 nitrogen and oxygen atoms in total. The van der Waals surface area contributed by atoms with Gasteiger partial charge in [0.2, 0.25) is 0 Å². The zero-order valence-electron chi connectivity index (χ0n) is 14.8. The highest BCUT2D eigenvalue weighted by Gasteiger charge is 2.17. The molecule has 0 amide bonds. The Kier molecular flexibility index (Phi) is 6.66. The molecule has 6 heteroatoms. The van der Waals surface area contributed by atoms with Crippen LogP contribution in [0.1, 0.15) is 12.0 Å². The number of halogens is 1. The Bertz CT molecular complexity index is 823. The Labute approximate surface area is 157 Å². The molecule has 0 saturated heterocycles. The Morgan fingerprint density at radius 2 is 1.81 bits per heavy atom. The van der Waals surface area contributed by atoms with E-state index in [2.05, 4.69) is 26.9 Å². The Morgan fingerprint density at radius 3 is 2.58 bits per heavy atom. The predicted molar refractivity (Wildman–Crippen MR) is 103 cm³/mol. The lowest BCUT2D eigenvalue weighted by Crippen LogP contribution is -2.06. The number of thioether (sulfide) groups is 1. The first-order valence-corrected chi connectivity index (χ1v) is 9.61. The summed E-state index contributed by atoms with van der Waals surface area (Å²) in [4.78, 5) is 0. The standard InChI is InChI=1S/C20H22FN3OS/c1-25-18-11-6-5-10-17(18)19-22-23-20(26-15-7-13-21)24(19)14-12-16-8-3-2-4-9-16/h2-6,8-11H,7,12-15H2,1H3. The van der Waals surface area contributed by atoms with E-state index in [4.69, 9.17) is 4.74 Å². The van der Waals surface area contributed by atoms with E-state index in [1.807, 2.05) is 42.5 Å². The van der Waals surface area contributed by atoms with Crippen molar-refractivity contribution in [3.05, 3.63) is 60.2 Å². The molecule has 1 aromatic heterocycles. The third-order valence-electron chi connectivity index (χ3n) is 4.04. The first-order valence-electron chi connectivity index (χ1n) is 8.62. The second kappa shape index (κ2) is 9.38. The van der Waals surface area contributed by atoms with Crippen molar-refractivity contribution in [3.8, 4) is 17.1 Å². The molecular weight excluding hydrogens is 349 g/mol. The summed E-state index contributed by atoms with van der Waals surface area (Å²) >= 11 is 1.54. The van der Waals surface area contributed by atoms with Gasteiger partial charge in [-0.2, -0.15) is 0 Å². The third-order valence-corrected chi connectivity index (χ3v) is 5.09. The summed E-state index contributed by atoms with van der Waals surface area (Å²) in [6.45, 7) is 0.437. The monoisotopic (exact) mass is 371 g/mol. The second-order valence-electron chi connectivity index (χ2n) is 5.78. The van der Waals surface area contributed by atoms with Crippen LogP contribution in [0.4, 0.5) is 4.39 Å². The zero-order chi connectivity index (χ0) is 18.2. The van der Waals surface area contributed by atoms with Gasteiger partial charge in [0.15, 0.2) is 11.0 Å². The van der Waals surface area contributed by atoms with E-state index >= 15 is 0 Å². The summed E-state index contributed by atoms with van der Waals surface area (Å²) in [7, 11) is 1.65. The molecule has 3 aromatic rings. The molecule has 0 aliphatic carbocycles. The van der Waals surface area contributed by atoms with Crippen LogP contribution < -0.4 is 4.74 Å². The van der Waals surface area contributed by atoms with Gasteiger partial charge in [0, 0.05) is 12.3 Å². The van der Waals surface area contributed by atoms with Crippen molar-refractivity contribution in [2.75, 3.05) is 19.5 Å². The molecule has 0 radical (unpaired) electrons. The molecule has 136 valence electrons. The fourth-order valence-corrected chi connectivity index (χ4v) is 3.60. The molecule has 2 aromatic carbocycles. The average Bonchev–Trinajstić information content (AvgIpc) is 3.10. The first kappa shape index (κ1) is 18.5. The van der Waals surface area contributed by atoms with Crippen LogP contribution in [0.5, 0.6) is 5.75 Å². The van der Waals surface area contributed by atoms with E-state index < -0.39 is 0 Å². The first-order chi connectivity index (χ1) is 12.8. The molecule has 0 bridgehead atoms. The van der Waals surface area contributed by atoms with Crippen molar-refractivity contribution >= 4 is 11.8 Å². The van der Waals surface area contributed by atoms with Gasteiger partial charge in [-0.05, 0) is 30.5 Å². The van der Waals surface area contributed by atoms with Gasteiger partial charge in [-0.25, -0.2) is 0 Å². The number of alkyl halides is 1. The maximum absolute atomic E-state index is 12.5. The summed E-state index contributed by atoms with van der Waals surface area (Å²) < 4.78 is 20.1. The fourth-order valence-electron chi connectivity index (χ4n) is 2.73. The third kappa shape index (κ3) is 4.43. The van der Waals surface area contributed by atoms with E-state index in [1.165, 1.54) is 5.56 Å². The zero-order valence-corrected chi connectivity index (χ0v) is 15.6. The Balaban J connectivity index is 1.90. The minimum Gasteiger partial charge on any atom is -0.496 e. The molecule has 0 atom stereocenters. The number of rotatable bonds is 9. The molecule has 1 heterocycles. The highest BCUT2D eigenvalue weighted by molar-refractivity contribution is 7.99. The number of aryl methyl sites for hydroxylation is 1. The second-order valence-corrected chi connectivity index (χ2v) is 6.85. The number of aromatic nitrogens is 3. The molecule has 26 heavy (non-hydrogen) atoms. The summed E-state index contributed by atoms with van der Waals surface area (Å²) in [5, 5.41) is 9.57. The van der Waals surface area contributed by atoms with Crippen LogP contribution in [0, 0.1) is 0 Å². The molecule has 0 aliphatic heterocycles. The number of para-hydroxylation sites is 1. The summed E-state index contributed by atoms with van der Waals surface area (Å²) in [5.74, 6) is 2.23. The molecule has 0 spiro atoms. The molecule has 3 rings (SSSR count). The van der Waals surface area contributed by atoms with Crippen molar-refractivity contribution in [2.24, 2.45) is 0 Å². The summed E-state index contributed by atoms with van der Waals surface area (Å²) in [5.41, 5.74) is 2.17. The lowest BCUT2D eigenvalue weighted by molar-refractivity contribution is 0.415. The van der Waals surface area contributed by atoms with Crippen LogP contribution in [0.15, 0.2) is 59.8 Å². The SMILES string of the molecule is COc1ccccc1-c1nnc(SCCCF)n1CCc1ccccc1. The summed E-state index contributed by atoms with van der Waals surface area (Å²) in [6, 6.07) is 18.1. The molecule has 0 unspecified atom stereocenters. The molecule has 0 N–H and O–H groups in total. The minimum absolute atomic E-state index is 0.315. The topological polar surface area (TPSA) is 39.9 Å². The van der Waals surface area contributed by atoms with E-state index in [1.54, 1.807) is 18.9 Å². The van der Waals surface area contributed by atoms with Crippen LogP contribution in [-0.2, 0) is 13.0 Å². The van der Waals surface area contributed by atoms with Crippen LogP contribution in [0.3, 0.4) is 0 Å². The van der Waals surface area contributed by atoms with E-state index in [0.29, 0.717) is 12.2 Å². The van der Waals surface area contributed by atoms with Gasteiger partial charge in [-0.15, -0.1) is 10.2 Å². The smallest absolute Gasteiger partial charge is 0.191 e. The Hall–Kier alpha value is -2.34. The number of methoxy groups -OCH3 is 1. The van der Waals surface area contributed by atoms with Crippen LogP contribution in [-0.4, -0.2) is 34.3 Å². The molecule has 0 aliphatic rings.